The Balaban J connectivity index is 1.23. The number of methoxy groups -OCH3 is 2. The second-order valence-electron chi connectivity index (χ2n) is 13.1. The maximum absolute atomic E-state index is 12.8. The van der Waals surface area contributed by atoms with E-state index in [-0.39, 0.29) is 35.7 Å². The molecule has 45 heavy (non-hydrogen) atoms. The zero-order valence-electron chi connectivity index (χ0n) is 27.4. The summed E-state index contributed by atoms with van der Waals surface area (Å²) in [5.74, 6) is 1.97. The molecule has 3 N–H and O–H groups in total. The van der Waals surface area contributed by atoms with Crippen molar-refractivity contribution in [3.8, 4) is 11.5 Å². The first-order chi connectivity index (χ1) is 21.8. The van der Waals surface area contributed by atoms with E-state index in [2.05, 4.69) is 65.0 Å². The highest BCUT2D eigenvalue weighted by Gasteiger charge is 2.35. The van der Waals surface area contributed by atoms with Crippen molar-refractivity contribution in [1.82, 2.24) is 16.0 Å². The Morgan fingerprint density at radius 2 is 1.89 bits per heavy atom. The lowest BCUT2D eigenvalue weighted by Gasteiger charge is -2.40. The minimum absolute atomic E-state index is 0.00683. The third kappa shape index (κ3) is 9.48. The second kappa shape index (κ2) is 16.0. The van der Waals surface area contributed by atoms with Gasteiger partial charge >= 0.3 is 6.03 Å². The summed E-state index contributed by atoms with van der Waals surface area (Å²) < 4.78 is 28.8. The zero-order valence-corrected chi connectivity index (χ0v) is 27.4. The quantitative estimate of drug-likeness (QED) is 0.278. The molecule has 0 aromatic heterocycles. The molecule has 3 heterocycles. The van der Waals surface area contributed by atoms with Crippen molar-refractivity contribution in [2.45, 2.75) is 82.2 Å². The van der Waals surface area contributed by atoms with Crippen LogP contribution in [0, 0.1) is 0 Å². The maximum atomic E-state index is 12.8. The van der Waals surface area contributed by atoms with Gasteiger partial charge in [-0.1, -0.05) is 18.2 Å². The summed E-state index contributed by atoms with van der Waals surface area (Å²) in [7, 11) is 3.44. The van der Waals surface area contributed by atoms with Crippen LogP contribution in [0.3, 0.4) is 0 Å². The number of hydrogen-bond acceptors (Lipinski definition) is 8. The number of carbonyl (C=O) groups is 1. The van der Waals surface area contributed by atoms with Crippen molar-refractivity contribution in [2.24, 2.45) is 0 Å². The molecule has 0 aliphatic carbocycles. The van der Waals surface area contributed by atoms with Gasteiger partial charge in [0.1, 0.15) is 18.1 Å². The number of nitrogens with zero attached hydrogens (tertiary/aromatic N) is 1. The van der Waals surface area contributed by atoms with Gasteiger partial charge in [0.05, 0.1) is 32.1 Å². The SMILES string of the molecule is COCCCN1CCOc2ccc(CO[C@H]3CNC(CC(C)(C)NC(=O)NC4CCOCC4)CC3c3ccc(OC)cc3)cc21. The molecule has 10 heteroatoms. The monoisotopic (exact) mass is 624 g/mol. The summed E-state index contributed by atoms with van der Waals surface area (Å²) in [5.41, 5.74) is 3.11. The third-order valence-electron chi connectivity index (χ3n) is 9.13. The molecule has 3 aliphatic heterocycles. The maximum Gasteiger partial charge on any atom is 0.315 e. The van der Waals surface area contributed by atoms with Crippen molar-refractivity contribution in [3.05, 3.63) is 53.6 Å². The van der Waals surface area contributed by atoms with Crippen molar-refractivity contribution in [1.29, 1.82) is 0 Å². The van der Waals surface area contributed by atoms with E-state index in [9.17, 15) is 4.79 Å². The summed E-state index contributed by atoms with van der Waals surface area (Å²) in [6, 6.07) is 15.0. The van der Waals surface area contributed by atoms with Gasteiger partial charge in [0.2, 0.25) is 0 Å². The number of piperidine rings is 1. The van der Waals surface area contributed by atoms with E-state index in [0.717, 1.165) is 81.1 Å². The van der Waals surface area contributed by atoms with E-state index in [1.165, 1.54) is 5.56 Å². The number of urea groups is 1. The Morgan fingerprint density at radius 3 is 2.64 bits per heavy atom. The Hall–Kier alpha value is -3.05. The molecule has 2 aromatic carbocycles. The van der Waals surface area contributed by atoms with Gasteiger partial charge in [0, 0.05) is 63.6 Å². The summed E-state index contributed by atoms with van der Waals surface area (Å²) in [5, 5.41) is 10.1. The Kier molecular flexibility index (Phi) is 11.8. The van der Waals surface area contributed by atoms with Crippen LogP contribution in [0.5, 0.6) is 11.5 Å². The first kappa shape index (κ1) is 33.3. The molecule has 0 saturated carbocycles. The van der Waals surface area contributed by atoms with E-state index in [0.29, 0.717) is 26.4 Å². The summed E-state index contributed by atoms with van der Waals surface area (Å²) in [6.45, 7) is 10.1. The molecule has 3 atom stereocenters. The van der Waals surface area contributed by atoms with Crippen molar-refractivity contribution < 1.29 is 28.5 Å². The van der Waals surface area contributed by atoms with E-state index >= 15 is 0 Å². The van der Waals surface area contributed by atoms with E-state index < -0.39 is 0 Å². The van der Waals surface area contributed by atoms with Gasteiger partial charge in [-0.05, 0) is 81.3 Å². The molecule has 5 rings (SSSR count). The predicted molar refractivity (Wildman–Crippen MR) is 176 cm³/mol. The van der Waals surface area contributed by atoms with Gasteiger partial charge < -0.3 is 44.5 Å². The number of ether oxygens (including phenoxy) is 5. The van der Waals surface area contributed by atoms with Crippen molar-refractivity contribution in [2.75, 3.05) is 65.2 Å². The average Bonchev–Trinajstić information content (AvgIpc) is 3.04. The number of rotatable bonds is 13. The number of fused-ring (bicyclic) bond motifs is 1. The van der Waals surface area contributed by atoms with Crippen molar-refractivity contribution in [3.63, 3.8) is 0 Å². The zero-order chi connectivity index (χ0) is 31.6. The fourth-order valence-electron chi connectivity index (χ4n) is 6.78. The Labute approximate surface area is 268 Å². The van der Waals surface area contributed by atoms with Crippen LogP contribution in [-0.4, -0.2) is 90.0 Å². The highest BCUT2D eigenvalue weighted by atomic mass is 16.5. The number of hydrogen-bond donors (Lipinski definition) is 3. The predicted octanol–water partition coefficient (Wildman–Crippen LogP) is 4.61. The van der Waals surface area contributed by atoms with E-state index in [1.54, 1.807) is 14.2 Å². The molecule has 0 bridgehead atoms. The molecule has 2 aromatic rings. The molecule has 248 valence electrons. The molecule has 2 fully saturated rings. The highest BCUT2D eigenvalue weighted by Crippen LogP contribution is 2.36. The fourth-order valence-corrected chi connectivity index (χ4v) is 6.78. The van der Waals surface area contributed by atoms with E-state index in [4.69, 9.17) is 23.7 Å². The minimum Gasteiger partial charge on any atom is -0.497 e. The van der Waals surface area contributed by atoms with Gasteiger partial charge in [0.25, 0.3) is 0 Å². The molecule has 10 nitrogen and oxygen atoms in total. The molecule has 2 unspecified atom stereocenters. The number of carbonyl (C=O) groups excluding carboxylic acids is 1. The highest BCUT2D eigenvalue weighted by molar-refractivity contribution is 5.75. The lowest BCUT2D eigenvalue weighted by Crippen LogP contribution is -2.56. The normalized spacial score (nSPS) is 22.3. The van der Waals surface area contributed by atoms with E-state index in [1.807, 2.05) is 12.1 Å². The number of benzene rings is 2. The first-order valence-electron chi connectivity index (χ1n) is 16.5. The topological polar surface area (TPSA) is 103 Å². The van der Waals surface area contributed by atoms with Gasteiger partial charge in [-0.15, -0.1) is 0 Å². The largest absolute Gasteiger partial charge is 0.497 e. The van der Waals surface area contributed by atoms with Crippen LogP contribution in [-0.2, 0) is 20.8 Å². The van der Waals surface area contributed by atoms with Crippen LogP contribution in [0.2, 0.25) is 0 Å². The molecular weight excluding hydrogens is 572 g/mol. The molecule has 2 amide bonds. The van der Waals surface area contributed by atoms with Crippen molar-refractivity contribution >= 4 is 11.7 Å². The van der Waals surface area contributed by atoms with Crippen LogP contribution in [0.25, 0.3) is 0 Å². The van der Waals surface area contributed by atoms with Crippen LogP contribution in [0.4, 0.5) is 10.5 Å². The third-order valence-corrected chi connectivity index (χ3v) is 9.13. The molecule has 2 saturated heterocycles. The summed E-state index contributed by atoms with van der Waals surface area (Å²) in [6.07, 6.45) is 4.38. The first-order valence-corrected chi connectivity index (χ1v) is 16.5. The standard InChI is InChI=1S/C35H52N4O6/c1-35(2,38-34(40)37-27-12-17-43-18-13-27)22-28-21-30(26-7-9-29(42-4)10-8-26)33(23-36-28)45-24-25-6-11-32-31(20-25)39(15-19-44-32)14-5-16-41-3/h6-11,20,27-28,30,33,36H,5,12-19,21-24H2,1-4H3,(H2,37,38,40)/t28?,30?,33-/m0/s1. The second-order valence-corrected chi connectivity index (χ2v) is 13.1. The van der Waals surface area contributed by atoms with Crippen LogP contribution in [0.1, 0.15) is 63.0 Å². The minimum atomic E-state index is -0.384. The molecule has 0 radical (unpaired) electrons. The molecular formula is C35H52N4O6. The number of nitrogens with one attached hydrogen (secondary N) is 3. The summed E-state index contributed by atoms with van der Waals surface area (Å²) >= 11 is 0. The van der Waals surface area contributed by atoms with Crippen LogP contribution in [0.15, 0.2) is 42.5 Å². The average molecular weight is 625 g/mol. The molecule has 3 aliphatic rings. The Bertz CT molecular complexity index is 1220. The smallest absolute Gasteiger partial charge is 0.315 e. The van der Waals surface area contributed by atoms with Gasteiger partial charge in [-0.25, -0.2) is 4.79 Å². The summed E-state index contributed by atoms with van der Waals surface area (Å²) in [4.78, 5) is 15.2. The number of anilines is 1. The lowest BCUT2D eigenvalue weighted by molar-refractivity contribution is 0.000592. The Morgan fingerprint density at radius 1 is 1.09 bits per heavy atom. The number of amides is 2. The van der Waals surface area contributed by atoms with Crippen LogP contribution < -0.4 is 30.3 Å². The van der Waals surface area contributed by atoms with Gasteiger partial charge in [0.15, 0.2) is 0 Å². The lowest BCUT2D eigenvalue weighted by atomic mass is 9.80. The van der Waals surface area contributed by atoms with Crippen LogP contribution >= 0.6 is 0 Å². The molecule has 0 spiro atoms. The fraction of sp³-hybridized carbons (Fsp3) is 0.629. The van der Waals surface area contributed by atoms with Gasteiger partial charge in [-0.3, -0.25) is 0 Å². The van der Waals surface area contributed by atoms with Gasteiger partial charge in [-0.2, -0.15) is 0 Å².